The van der Waals surface area contributed by atoms with Gasteiger partial charge < -0.3 is 19.9 Å². The summed E-state index contributed by atoms with van der Waals surface area (Å²) in [6.45, 7) is 2.84. The Morgan fingerprint density at radius 2 is 1.84 bits per heavy atom. The molecule has 0 saturated heterocycles. The molecule has 2 aromatic carbocycles. The number of amides is 1. The van der Waals surface area contributed by atoms with E-state index in [1.165, 1.54) is 19.3 Å². The molecule has 0 heterocycles. The molecule has 2 aromatic rings. The first-order valence-corrected chi connectivity index (χ1v) is 11.2. The van der Waals surface area contributed by atoms with Gasteiger partial charge in [-0.3, -0.25) is 9.59 Å². The fourth-order valence-corrected chi connectivity index (χ4v) is 3.13. The first kappa shape index (κ1) is 25.3. The highest BCUT2D eigenvalue weighted by molar-refractivity contribution is 6.32. The Kier molecular flexibility index (Phi) is 11.2. The molecule has 0 spiro atoms. The van der Waals surface area contributed by atoms with Gasteiger partial charge in [0, 0.05) is 12.0 Å². The molecule has 0 aliphatic carbocycles. The first-order chi connectivity index (χ1) is 15.5. The zero-order chi connectivity index (χ0) is 23.2. The number of carboxylic acid groups (broad SMARTS) is 1. The van der Waals surface area contributed by atoms with E-state index in [-0.39, 0.29) is 18.9 Å². The minimum Gasteiger partial charge on any atom is -0.491 e. The van der Waals surface area contributed by atoms with Gasteiger partial charge in [0.2, 0.25) is 0 Å². The monoisotopic (exact) mass is 459 g/mol. The third-order valence-electron chi connectivity index (χ3n) is 4.60. The maximum Gasteiger partial charge on any atom is 0.303 e. The van der Waals surface area contributed by atoms with Gasteiger partial charge in [-0.05, 0) is 49.6 Å². The lowest BCUT2D eigenvalue weighted by atomic mass is 10.2. The van der Waals surface area contributed by atoms with Crippen LogP contribution in [0.4, 0.5) is 5.69 Å². The van der Waals surface area contributed by atoms with Gasteiger partial charge >= 0.3 is 5.97 Å². The maximum absolute atomic E-state index is 12.7. The summed E-state index contributed by atoms with van der Waals surface area (Å²) in [5.41, 5.74) is 0.885. The first-order valence-electron chi connectivity index (χ1n) is 10.8. The van der Waals surface area contributed by atoms with E-state index in [1.54, 1.807) is 42.5 Å². The van der Waals surface area contributed by atoms with E-state index in [1.807, 2.05) is 6.08 Å². The summed E-state index contributed by atoms with van der Waals surface area (Å²) in [6, 6.07) is 11.9. The van der Waals surface area contributed by atoms with Crippen LogP contribution in [0.1, 0.15) is 55.8 Å². The van der Waals surface area contributed by atoms with Gasteiger partial charge in [-0.2, -0.15) is 0 Å². The fourth-order valence-electron chi connectivity index (χ4n) is 2.89. The second kappa shape index (κ2) is 14.1. The van der Waals surface area contributed by atoms with Crippen LogP contribution in [0.5, 0.6) is 11.5 Å². The number of rotatable bonds is 14. The summed E-state index contributed by atoms with van der Waals surface area (Å²) in [5, 5.41) is 11.9. The number of nitrogens with one attached hydrogen (secondary N) is 1. The third kappa shape index (κ3) is 9.02. The van der Waals surface area contributed by atoms with Crippen LogP contribution in [0, 0.1) is 0 Å². The molecular formula is C25H30ClNO5. The number of carboxylic acids is 1. The number of para-hydroxylation sites is 2. The number of unbranched alkanes of at least 4 members (excludes halogenated alkanes) is 3. The molecule has 0 aliphatic heterocycles. The number of hydrogen-bond donors (Lipinski definition) is 2. The average Bonchev–Trinajstić information content (AvgIpc) is 2.77. The standard InChI is InChI=1S/C25H30ClNO5/c1-2-3-4-5-6-9-16-31-22-15-14-19(18-20(22)26)25(30)27-21-11-7-8-12-23(21)32-17-10-13-24(28)29/h6-9,11-12,14-15,18H,2-5,10,13,16-17H2,1H3,(H,27,30)(H,28,29)/b9-6+. The van der Waals surface area contributed by atoms with E-state index in [0.29, 0.717) is 40.8 Å². The number of allylic oxidation sites excluding steroid dienone is 1. The van der Waals surface area contributed by atoms with Crippen molar-refractivity contribution in [2.45, 2.75) is 45.4 Å². The Morgan fingerprint density at radius 3 is 2.59 bits per heavy atom. The number of halogens is 1. The fraction of sp³-hybridized carbons (Fsp3) is 0.360. The van der Waals surface area contributed by atoms with Crippen LogP contribution >= 0.6 is 11.6 Å². The van der Waals surface area contributed by atoms with Crippen LogP contribution in [0.3, 0.4) is 0 Å². The summed E-state index contributed by atoms with van der Waals surface area (Å²) in [4.78, 5) is 23.3. The minimum absolute atomic E-state index is 0.0239. The number of hydrogen-bond acceptors (Lipinski definition) is 4. The smallest absolute Gasteiger partial charge is 0.303 e. The number of benzene rings is 2. The second-order valence-corrected chi connectivity index (χ2v) is 7.63. The molecule has 32 heavy (non-hydrogen) atoms. The molecule has 0 atom stereocenters. The molecule has 7 heteroatoms. The molecule has 2 rings (SSSR count). The van der Waals surface area contributed by atoms with E-state index < -0.39 is 5.97 Å². The Hall–Kier alpha value is -2.99. The Morgan fingerprint density at radius 1 is 1.03 bits per heavy atom. The molecule has 0 radical (unpaired) electrons. The van der Waals surface area contributed by atoms with E-state index in [2.05, 4.69) is 18.3 Å². The SMILES string of the molecule is CCCCC/C=C/COc1ccc(C(=O)Nc2ccccc2OCCCC(=O)O)cc1Cl. The van der Waals surface area contributed by atoms with E-state index in [9.17, 15) is 9.59 Å². The summed E-state index contributed by atoms with van der Waals surface area (Å²) in [5.74, 6) is -0.218. The Labute approximate surface area is 194 Å². The largest absolute Gasteiger partial charge is 0.491 e. The molecule has 6 nitrogen and oxygen atoms in total. The number of ether oxygens (including phenoxy) is 2. The molecule has 0 unspecified atom stereocenters. The summed E-state index contributed by atoms with van der Waals surface area (Å²) < 4.78 is 11.3. The predicted molar refractivity (Wildman–Crippen MR) is 127 cm³/mol. The average molecular weight is 460 g/mol. The Bertz CT molecular complexity index is 913. The summed E-state index contributed by atoms with van der Waals surface area (Å²) in [6.07, 6.45) is 9.11. The van der Waals surface area contributed by atoms with E-state index >= 15 is 0 Å². The quantitative estimate of drug-likeness (QED) is 0.254. The van der Waals surface area contributed by atoms with Gasteiger partial charge in [0.05, 0.1) is 17.3 Å². The molecule has 0 bridgehead atoms. The predicted octanol–water partition coefficient (Wildman–Crippen LogP) is 6.35. The molecule has 0 saturated carbocycles. The highest BCUT2D eigenvalue weighted by atomic mass is 35.5. The molecule has 172 valence electrons. The second-order valence-electron chi connectivity index (χ2n) is 7.22. The van der Waals surface area contributed by atoms with Crippen molar-refractivity contribution in [3.63, 3.8) is 0 Å². The lowest BCUT2D eigenvalue weighted by Crippen LogP contribution is -2.13. The van der Waals surface area contributed by atoms with Gasteiger partial charge in [0.25, 0.3) is 5.91 Å². The lowest BCUT2D eigenvalue weighted by molar-refractivity contribution is -0.137. The third-order valence-corrected chi connectivity index (χ3v) is 4.89. The van der Waals surface area contributed by atoms with Gasteiger partial charge in [-0.1, -0.05) is 55.7 Å². The van der Waals surface area contributed by atoms with Crippen molar-refractivity contribution in [2.75, 3.05) is 18.5 Å². The molecule has 1 amide bonds. The lowest BCUT2D eigenvalue weighted by Gasteiger charge is -2.13. The number of anilines is 1. The highest BCUT2D eigenvalue weighted by Gasteiger charge is 2.12. The van der Waals surface area contributed by atoms with Crippen LogP contribution < -0.4 is 14.8 Å². The highest BCUT2D eigenvalue weighted by Crippen LogP contribution is 2.28. The molecular weight excluding hydrogens is 430 g/mol. The van der Waals surface area contributed by atoms with Crippen molar-refractivity contribution >= 4 is 29.2 Å². The van der Waals surface area contributed by atoms with Gasteiger partial charge in [-0.25, -0.2) is 0 Å². The molecule has 0 aliphatic rings. The minimum atomic E-state index is -0.873. The van der Waals surface area contributed by atoms with Gasteiger partial charge in [0.1, 0.15) is 18.1 Å². The van der Waals surface area contributed by atoms with Crippen molar-refractivity contribution in [3.8, 4) is 11.5 Å². The Balaban J connectivity index is 1.91. The van der Waals surface area contributed by atoms with Crippen molar-refractivity contribution in [1.29, 1.82) is 0 Å². The van der Waals surface area contributed by atoms with Gasteiger partial charge in [0.15, 0.2) is 0 Å². The van der Waals surface area contributed by atoms with Crippen LogP contribution in [0.2, 0.25) is 5.02 Å². The molecule has 2 N–H and O–H groups in total. The molecule has 0 fully saturated rings. The maximum atomic E-state index is 12.7. The van der Waals surface area contributed by atoms with Crippen molar-refractivity contribution < 1.29 is 24.2 Å². The molecule has 0 aromatic heterocycles. The number of carbonyl (C=O) groups excluding carboxylic acids is 1. The van der Waals surface area contributed by atoms with Gasteiger partial charge in [-0.15, -0.1) is 0 Å². The van der Waals surface area contributed by atoms with Crippen molar-refractivity contribution in [2.24, 2.45) is 0 Å². The zero-order valence-corrected chi connectivity index (χ0v) is 19.1. The topological polar surface area (TPSA) is 84.9 Å². The zero-order valence-electron chi connectivity index (χ0n) is 18.3. The van der Waals surface area contributed by atoms with Crippen LogP contribution in [-0.2, 0) is 4.79 Å². The van der Waals surface area contributed by atoms with E-state index in [4.69, 9.17) is 26.2 Å². The summed E-state index contributed by atoms with van der Waals surface area (Å²) >= 11 is 6.30. The van der Waals surface area contributed by atoms with Crippen LogP contribution in [0.25, 0.3) is 0 Å². The summed E-state index contributed by atoms with van der Waals surface area (Å²) in [7, 11) is 0. The number of carbonyl (C=O) groups is 2. The van der Waals surface area contributed by atoms with Crippen LogP contribution in [0.15, 0.2) is 54.6 Å². The van der Waals surface area contributed by atoms with Crippen LogP contribution in [-0.4, -0.2) is 30.2 Å². The van der Waals surface area contributed by atoms with Crippen molar-refractivity contribution in [3.05, 3.63) is 65.2 Å². The van der Waals surface area contributed by atoms with E-state index in [0.717, 1.165) is 6.42 Å². The normalized spacial score (nSPS) is 10.8. The number of aliphatic carboxylic acids is 1. The van der Waals surface area contributed by atoms with Crippen molar-refractivity contribution in [1.82, 2.24) is 0 Å².